The topological polar surface area (TPSA) is 51.0 Å². The van der Waals surface area contributed by atoms with Crippen molar-refractivity contribution in [3.63, 3.8) is 0 Å². The largest absolute Gasteiger partial charge is 0.299 e. The van der Waals surface area contributed by atoms with Crippen LogP contribution in [0.5, 0.6) is 0 Å². The molecule has 1 fully saturated rings. The number of piperidine rings is 1. The van der Waals surface area contributed by atoms with E-state index < -0.39 is 0 Å². The second-order valence-corrected chi connectivity index (χ2v) is 6.39. The summed E-state index contributed by atoms with van der Waals surface area (Å²) in [4.78, 5) is 23.5. The molecular weight excluding hydrogens is 276 g/mol. The standard InChI is InChI=1S/C17H24N4O/c1-13(2)21-10-4-3-6-14(21)8-11-20-12-19-16-15(17(20)22)7-5-9-18-16/h5,7,9,12-14H,3-4,6,8,10-11H2,1-2H3/t14-/m0/s1. The van der Waals surface area contributed by atoms with Gasteiger partial charge in [-0.15, -0.1) is 0 Å². The molecule has 0 amide bonds. The van der Waals surface area contributed by atoms with Crippen LogP contribution in [0.4, 0.5) is 0 Å². The first kappa shape index (κ1) is 15.2. The number of hydrogen-bond donors (Lipinski definition) is 0. The van der Waals surface area contributed by atoms with Gasteiger partial charge in [-0.3, -0.25) is 14.3 Å². The molecule has 118 valence electrons. The van der Waals surface area contributed by atoms with E-state index in [0.29, 0.717) is 23.1 Å². The highest BCUT2D eigenvalue weighted by molar-refractivity contribution is 5.72. The normalized spacial score (nSPS) is 19.9. The van der Waals surface area contributed by atoms with Crippen molar-refractivity contribution in [2.75, 3.05) is 6.54 Å². The average Bonchev–Trinajstić information content (AvgIpc) is 2.55. The molecule has 2 aromatic heterocycles. The Labute approximate surface area is 131 Å². The van der Waals surface area contributed by atoms with E-state index in [1.165, 1.54) is 25.8 Å². The second kappa shape index (κ2) is 6.57. The number of aromatic nitrogens is 3. The van der Waals surface area contributed by atoms with E-state index in [9.17, 15) is 4.79 Å². The summed E-state index contributed by atoms with van der Waals surface area (Å²) in [6.07, 6.45) is 8.13. The van der Waals surface area contributed by atoms with Crippen molar-refractivity contribution in [2.45, 2.75) is 58.2 Å². The van der Waals surface area contributed by atoms with Crippen molar-refractivity contribution in [3.05, 3.63) is 35.0 Å². The lowest BCUT2D eigenvalue weighted by Crippen LogP contribution is -2.44. The van der Waals surface area contributed by atoms with Crippen molar-refractivity contribution in [1.82, 2.24) is 19.4 Å². The van der Waals surface area contributed by atoms with E-state index in [-0.39, 0.29) is 5.56 Å². The summed E-state index contributed by atoms with van der Waals surface area (Å²) in [6, 6.07) is 4.73. The number of nitrogens with zero attached hydrogens (tertiary/aromatic N) is 4. The molecule has 0 aliphatic carbocycles. The van der Waals surface area contributed by atoms with Gasteiger partial charge >= 0.3 is 0 Å². The van der Waals surface area contributed by atoms with Crippen molar-refractivity contribution in [3.8, 4) is 0 Å². The molecule has 0 unspecified atom stereocenters. The minimum absolute atomic E-state index is 0.0185. The summed E-state index contributed by atoms with van der Waals surface area (Å²) in [5.74, 6) is 0. The molecule has 3 rings (SSSR count). The van der Waals surface area contributed by atoms with Crippen LogP contribution >= 0.6 is 0 Å². The lowest BCUT2D eigenvalue weighted by Gasteiger charge is -2.38. The number of aryl methyl sites for hydroxylation is 1. The van der Waals surface area contributed by atoms with Gasteiger partial charge in [-0.2, -0.15) is 0 Å². The Hall–Kier alpha value is -1.75. The average molecular weight is 300 g/mol. The van der Waals surface area contributed by atoms with Gasteiger partial charge in [0.2, 0.25) is 0 Å². The van der Waals surface area contributed by atoms with Crippen molar-refractivity contribution in [1.29, 1.82) is 0 Å². The Morgan fingerprint density at radius 2 is 2.18 bits per heavy atom. The van der Waals surface area contributed by atoms with Crippen molar-refractivity contribution >= 4 is 11.0 Å². The first-order valence-corrected chi connectivity index (χ1v) is 8.22. The molecule has 5 nitrogen and oxygen atoms in total. The van der Waals surface area contributed by atoms with Crippen LogP contribution in [-0.4, -0.2) is 38.1 Å². The highest BCUT2D eigenvalue weighted by atomic mass is 16.1. The third kappa shape index (κ3) is 3.04. The highest BCUT2D eigenvalue weighted by Gasteiger charge is 2.24. The zero-order valence-electron chi connectivity index (χ0n) is 13.4. The van der Waals surface area contributed by atoms with Gasteiger partial charge in [0.15, 0.2) is 5.65 Å². The quantitative estimate of drug-likeness (QED) is 0.870. The van der Waals surface area contributed by atoms with E-state index >= 15 is 0 Å². The van der Waals surface area contributed by atoms with Crippen LogP contribution in [0, 0.1) is 0 Å². The van der Waals surface area contributed by atoms with Crippen LogP contribution in [0.2, 0.25) is 0 Å². The predicted octanol–water partition coefficient (Wildman–Crippen LogP) is 2.44. The summed E-state index contributed by atoms with van der Waals surface area (Å²) in [5, 5.41) is 0.606. The Morgan fingerprint density at radius 3 is 3.00 bits per heavy atom. The second-order valence-electron chi connectivity index (χ2n) is 6.39. The van der Waals surface area contributed by atoms with Gasteiger partial charge < -0.3 is 0 Å². The molecule has 0 saturated carbocycles. The number of likely N-dealkylation sites (tertiary alicyclic amines) is 1. The van der Waals surface area contributed by atoms with Gasteiger partial charge in [0, 0.05) is 24.8 Å². The van der Waals surface area contributed by atoms with Gasteiger partial charge in [-0.25, -0.2) is 9.97 Å². The molecule has 0 aromatic carbocycles. The van der Waals surface area contributed by atoms with Crippen LogP contribution in [0.15, 0.2) is 29.5 Å². The molecule has 0 radical (unpaired) electrons. The first-order valence-electron chi connectivity index (χ1n) is 8.22. The van der Waals surface area contributed by atoms with Crippen molar-refractivity contribution < 1.29 is 0 Å². The summed E-state index contributed by atoms with van der Waals surface area (Å²) in [6.45, 7) is 6.42. The summed E-state index contributed by atoms with van der Waals surface area (Å²) < 4.78 is 1.73. The van der Waals surface area contributed by atoms with E-state index in [2.05, 4.69) is 28.7 Å². The van der Waals surface area contributed by atoms with Crippen LogP contribution in [0.25, 0.3) is 11.0 Å². The van der Waals surface area contributed by atoms with Gasteiger partial charge in [-0.1, -0.05) is 6.42 Å². The van der Waals surface area contributed by atoms with Gasteiger partial charge in [0.25, 0.3) is 5.56 Å². The van der Waals surface area contributed by atoms with E-state index in [1.54, 1.807) is 29.2 Å². The Kier molecular flexibility index (Phi) is 4.52. The van der Waals surface area contributed by atoms with Crippen LogP contribution < -0.4 is 5.56 Å². The Balaban J connectivity index is 1.76. The van der Waals surface area contributed by atoms with E-state index in [0.717, 1.165) is 13.0 Å². The maximum Gasteiger partial charge on any atom is 0.262 e. The number of fused-ring (bicyclic) bond motifs is 1. The maximum absolute atomic E-state index is 12.5. The molecule has 0 spiro atoms. The van der Waals surface area contributed by atoms with E-state index in [1.807, 2.05) is 0 Å². The minimum Gasteiger partial charge on any atom is -0.299 e. The monoisotopic (exact) mass is 300 g/mol. The van der Waals surface area contributed by atoms with Gasteiger partial charge in [0.05, 0.1) is 11.7 Å². The zero-order valence-corrected chi connectivity index (χ0v) is 13.4. The van der Waals surface area contributed by atoms with Crippen LogP contribution in [0.1, 0.15) is 39.5 Å². The molecule has 1 saturated heterocycles. The number of rotatable bonds is 4. The van der Waals surface area contributed by atoms with Crippen LogP contribution in [0.3, 0.4) is 0 Å². The fourth-order valence-corrected chi connectivity index (χ4v) is 3.46. The van der Waals surface area contributed by atoms with Crippen LogP contribution in [-0.2, 0) is 6.54 Å². The molecule has 22 heavy (non-hydrogen) atoms. The Morgan fingerprint density at radius 1 is 1.32 bits per heavy atom. The lowest BCUT2D eigenvalue weighted by molar-refractivity contribution is 0.102. The third-order valence-electron chi connectivity index (χ3n) is 4.64. The fourth-order valence-electron chi connectivity index (χ4n) is 3.46. The molecular formula is C17H24N4O. The van der Waals surface area contributed by atoms with E-state index in [4.69, 9.17) is 0 Å². The molecule has 0 bridgehead atoms. The molecule has 2 aromatic rings. The Bertz CT molecular complexity index is 694. The van der Waals surface area contributed by atoms with Gasteiger partial charge in [-0.05, 0) is 51.8 Å². The smallest absolute Gasteiger partial charge is 0.262 e. The minimum atomic E-state index is 0.0185. The fraction of sp³-hybridized carbons (Fsp3) is 0.588. The zero-order chi connectivity index (χ0) is 15.5. The first-order chi connectivity index (χ1) is 10.7. The highest BCUT2D eigenvalue weighted by Crippen LogP contribution is 2.22. The molecule has 1 atom stereocenters. The molecule has 1 aliphatic rings. The predicted molar refractivity (Wildman–Crippen MR) is 87.9 cm³/mol. The van der Waals surface area contributed by atoms with Crippen molar-refractivity contribution in [2.24, 2.45) is 0 Å². The third-order valence-corrected chi connectivity index (χ3v) is 4.64. The molecule has 0 N–H and O–H groups in total. The lowest BCUT2D eigenvalue weighted by atomic mass is 9.98. The SMILES string of the molecule is CC(C)N1CCCC[C@H]1CCn1cnc2ncccc2c1=O. The number of pyridine rings is 1. The molecule has 3 heterocycles. The maximum atomic E-state index is 12.5. The summed E-state index contributed by atoms with van der Waals surface area (Å²) in [7, 11) is 0. The number of hydrogen-bond acceptors (Lipinski definition) is 4. The summed E-state index contributed by atoms with van der Waals surface area (Å²) in [5.41, 5.74) is 0.551. The van der Waals surface area contributed by atoms with Gasteiger partial charge in [0.1, 0.15) is 0 Å². The molecule has 5 heteroatoms. The summed E-state index contributed by atoms with van der Waals surface area (Å²) >= 11 is 0. The molecule has 1 aliphatic heterocycles.